The molecule has 0 heterocycles. The van der Waals surface area contributed by atoms with Gasteiger partial charge in [0.1, 0.15) is 0 Å². The Hall–Kier alpha value is -0.0900. The molecule has 2 unspecified atom stereocenters. The van der Waals surface area contributed by atoms with E-state index in [0.29, 0.717) is 12.6 Å². The maximum absolute atomic E-state index is 11.6. The molecule has 1 aliphatic rings. The zero-order valence-corrected chi connectivity index (χ0v) is 12.6. The van der Waals surface area contributed by atoms with Gasteiger partial charge < -0.3 is 5.32 Å². The molecule has 0 spiro atoms. The molecule has 2 atom stereocenters. The molecular formula is C13H27NO2S. The van der Waals surface area contributed by atoms with Crippen molar-refractivity contribution in [1.82, 2.24) is 5.32 Å². The molecule has 0 radical (unpaired) electrons. The van der Waals surface area contributed by atoms with Crippen LogP contribution in [0.1, 0.15) is 47.0 Å². The summed E-state index contributed by atoms with van der Waals surface area (Å²) in [5.74, 6) is 1.50. The van der Waals surface area contributed by atoms with Gasteiger partial charge in [0.15, 0.2) is 9.84 Å². The molecule has 102 valence electrons. The average molecular weight is 261 g/mol. The number of nitrogens with one attached hydrogen (secondary N) is 1. The fraction of sp³-hybridized carbons (Fsp3) is 1.00. The molecule has 0 aromatic carbocycles. The Bertz CT molecular complexity index is 338. The minimum atomic E-state index is -2.99. The van der Waals surface area contributed by atoms with Gasteiger partial charge in [0.05, 0.1) is 4.75 Å². The first-order valence-corrected chi connectivity index (χ1v) is 8.44. The molecule has 0 aromatic heterocycles. The van der Waals surface area contributed by atoms with Crippen LogP contribution < -0.4 is 5.32 Å². The minimum Gasteiger partial charge on any atom is -0.312 e. The van der Waals surface area contributed by atoms with Crippen LogP contribution in [-0.2, 0) is 9.84 Å². The van der Waals surface area contributed by atoms with Gasteiger partial charge in [-0.15, -0.1) is 0 Å². The molecule has 0 aliphatic heterocycles. The number of hydrogen-bond donors (Lipinski definition) is 1. The van der Waals surface area contributed by atoms with Crippen molar-refractivity contribution in [3.8, 4) is 0 Å². The molecule has 0 aromatic rings. The van der Waals surface area contributed by atoms with E-state index in [1.807, 2.05) is 0 Å². The monoisotopic (exact) mass is 261 g/mol. The summed E-state index contributed by atoms with van der Waals surface area (Å²) in [5, 5.41) is 3.45. The van der Waals surface area contributed by atoms with Crippen molar-refractivity contribution in [2.75, 3.05) is 12.8 Å². The van der Waals surface area contributed by atoms with Crippen molar-refractivity contribution in [3.05, 3.63) is 0 Å². The molecule has 4 heteroatoms. The van der Waals surface area contributed by atoms with Crippen molar-refractivity contribution < 1.29 is 8.42 Å². The van der Waals surface area contributed by atoms with Crippen LogP contribution in [0.2, 0.25) is 0 Å². The van der Waals surface area contributed by atoms with Gasteiger partial charge in [-0.3, -0.25) is 0 Å². The Morgan fingerprint density at radius 2 is 1.59 bits per heavy atom. The lowest BCUT2D eigenvalue weighted by molar-refractivity contribution is 0.236. The van der Waals surface area contributed by atoms with E-state index in [1.54, 1.807) is 13.8 Å². The fourth-order valence-corrected chi connectivity index (χ4v) is 2.98. The number of hydrogen-bond acceptors (Lipinski definition) is 3. The second kappa shape index (κ2) is 5.27. The average Bonchev–Trinajstić information content (AvgIpc) is 2.11. The SMILES string of the molecule is CC1CC(C)CC(NCC(C)(C)S(C)(=O)=O)C1. The lowest BCUT2D eigenvalue weighted by Crippen LogP contribution is -2.47. The first-order valence-electron chi connectivity index (χ1n) is 6.55. The van der Waals surface area contributed by atoms with Crippen LogP contribution in [0.3, 0.4) is 0 Å². The molecule has 1 rings (SSSR count). The van der Waals surface area contributed by atoms with Gasteiger partial charge in [0.2, 0.25) is 0 Å². The van der Waals surface area contributed by atoms with E-state index in [9.17, 15) is 8.42 Å². The van der Waals surface area contributed by atoms with Crippen molar-refractivity contribution in [2.45, 2.75) is 57.7 Å². The standard InChI is InChI=1S/C13H27NO2S/c1-10-6-11(2)8-12(7-10)14-9-13(3,4)17(5,15)16/h10-12,14H,6-9H2,1-5H3. The normalized spacial score (nSPS) is 31.5. The summed E-state index contributed by atoms with van der Waals surface area (Å²) in [5.41, 5.74) is 0. The van der Waals surface area contributed by atoms with Crippen molar-refractivity contribution in [2.24, 2.45) is 11.8 Å². The summed E-state index contributed by atoms with van der Waals surface area (Å²) in [6.07, 6.45) is 4.96. The van der Waals surface area contributed by atoms with E-state index in [0.717, 1.165) is 11.8 Å². The highest BCUT2D eigenvalue weighted by atomic mass is 32.2. The van der Waals surface area contributed by atoms with Gasteiger partial charge in [0.25, 0.3) is 0 Å². The molecule has 1 aliphatic carbocycles. The maximum Gasteiger partial charge on any atom is 0.153 e. The Labute approximate surface area is 106 Å². The van der Waals surface area contributed by atoms with Crippen LogP contribution in [0.15, 0.2) is 0 Å². The van der Waals surface area contributed by atoms with Crippen LogP contribution in [0.25, 0.3) is 0 Å². The molecule has 3 nitrogen and oxygen atoms in total. The number of sulfone groups is 1. The first kappa shape index (κ1) is 15.0. The molecular weight excluding hydrogens is 234 g/mol. The lowest BCUT2D eigenvalue weighted by Gasteiger charge is -2.34. The Kier molecular flexibility index (Phi) is 4.64. The molecule has 1 fully saturated rings. The van der Waals surface area contributed by atoms with E-state index < -0.39 is 14.6 Å². The third kappa shape index (κ3) is 4.25. The van der Waals surface area contributed by atoms with Crippen LogP contribution >= 0.6 is 0 Å². The number of rotatable bonds is 4. The predicted molar refractivity (Wildman–Crippen MR) is 72.9 cm³/mol. The zero-order valence-electron chi connectivity index (χ0n) is 11.8. The lowest BCUT2D eigenvalue weighted by atomic mass is 9.80. The van der Waals surface area contributed by atoms with Crippen LogP contribution in [0.5, 0.6) is 0 Å². The van der Waals surface area contributed by atoms with E-state index in [1.165, 1.54) is 25.5 Å². The fourth-order valence-electron chi connectivity index (χ4n) is 2.63. The Morgan fingerprint density at radius 1 is 1.12 bits per heavy atom. The summed E-state index contributed by atoms with van der Waals surface area (Å²) in [7, 11) is -2.99. The predicted octanol–water partition coefficient (Wildman–Crippen LogP) is 2.22. The second-order valence-electron chi connectivity index (χ2n) is 6.53. The smallest absolute Gasteiger partial charge is 0.153 e. The van der Waals surface area contributed by atoms with Gasteiger partial charge in [-0.25, -0.2) is 8.42 Å². The van der Waals surface area contributed by atoms with E-state index >= 15 is 0 Å². The summed E-state index contributed by atoms with van der Waals surface area (Å²) < 4.78 is 22.6. The van der Waals surface area contributed by atoms with E-state index in [2.05, 4.69) is 19.2 Å². The van der Waals surface area contributed by atoms with Crippen molar-refractivity contribution in [1.29, 1.82) is 0 Å². The molecule has 1 saturated carbocycles. The van der Waals surface area contributed by atoms with Gasteiger partial charge in [-0.2, -0.15) is 0 Å². The molecule has 0 bridgehead atoms. The summed E-state index contributed by atoms with van der Waals surface area (Å²) in [6.45, 7) is 8.71. The zero-order chi connectivity index (χ0) is 13.3. The highest BCUT2D eigenvalue weighted by Crippen LogP contribution is 2.28. The summed E-state index contributed by atoms with van der Waals surface area (Å²) in [6, 6.07) is 0.481. The topological polar surface area (TPSA) is 46.2 Å². The van der Waals surface area contributed by atoms with E-state index in [4.69, 9.17) is 0 Å². The first-order chi connectivity index (χ1) is 7.62. The molecule has 0 amide bonds. The Balaban J connectivity index is 2.51. The van der Waals surface area contributed by atoms with E-state index in [-0.39, 0.29) is 0 Å². The van der Waals surface area contributed by atoms with Gasteiger partial charge in [-0.05, 0) is 44.9 Å². The van der Waals surface area contributed by atoms with Gasteiger partial charge >= 0.3 is 0 Å². The van der Waals surface area contributed by atoms with Crippen LogP contribution in [0.4, 0.5) is 0 Å². The van der Waals surface area contributed by atoms with Gasteiger partial charge in [-0.1, -0.05) is 13.8 Å². The summed E-state index contributed by atoms with van der Waals surface area (Å²) >= 11 is 0. The quantitative estimate of drug-likeness (QED) is 0.844. The van der Waals surface area contributed by atoms with Crippen molar-refractivity contribution >= 4 is 9.84 Å². The summed E-state index contributed by atoms with van der Waals surface area (Å²) in [4.78, 5) is 0. The molecule has 0 saturated heterocycles. The molecule has 17 heavy (non-hydrogen) atoms. The largest absolute Gasteiger partial charge is 0.312 e. The van der Waals surface area contributed by atoms with Crippen molar-refractivity contribution in [3.63, 3.8) is 0 Å². The molecule has 1 N–H and O–H groups in total. The second-order valence-corrected chi connectivity index (χ2v) is 9.18. The minimum absolute atomic E-state index is 0.481. The highest BCUT2D eigenvalue weighted by molar-refractivity contribution is 7.92. The maximum atomic E-state index is 11.6. The highest BCUT2D eigenvalue weighted by Gasteiger charge is 2.32. The Morgan fingerprint density at radius 3 is 2.00 bits per heavy atom. The third-order valence-electron chi connectivity index (χ3n) is 4.00. The van der Waals surface area contributed by atoms with Gasteiger partial charge in [0, 0.05) is 18.8 Å². The van der Waals surface area contributed by atoms with Crippen LogP contribution in [0, 0.1) is 11.8 Å². The third-order valence-corrected chi connectivity index (χ3v) is 6.15. The van der Waals surface area contributed by atoms with Crippen LogP contribution in [-0.4, -0.2) is 32.0 Å².